The van der Waals surface area contributed by atoms with E-state index >= 15 is 0 Å². The summed E-state index contributed by atoms with van der Waals surface area (Å²) >= 11 is 0. The first-order valence-electron chi connectivity index (χ1n) is 46.3. The highest BCUT2D eigenvalue weighted by Gasteiger charge is 2.87. The highest BCUT2D eigenvalue weighted by molar-refractivity contribution is 6.34. The average Bonchev–Trinajstić information content (AvgIpc) is 1.45. The second-order valence-electron chi connectivity index (χ2n) is 38.5. The fraction of sp³-hybridized carbons (Fsp3) is 0.287. The normalized spacial score (nSPS) is 31.0. The molecule has 24 rings (SSSR count). The molecule has 730 valence electrons. The van der Waals surface area contributed by atoms with Crippen LogP contribution in [-0.2, 0) is 50.0 Å². The zero-order chi connectivity index (χ0) is 103. The van der Waals surface area contributed by atoms with Gasteiger partial charge in [0.25, 0.3) is 0 Å². The van der Waals surface area contributed by atoms with Gasteiger partial charge in [-0.25, -0.2) is 9.59 Å². The lowest BCUT2D eigenvalue weighted by atomic mass is 9.54. The summed E-state index contributed by atoms with van der Waals surface area (Å²) in [5.41, 5.74) is 17.3. The third-order valence-corrected chi connectivity index (χ3v) is 29.9. The topological polar surface area (TPSA) is 539 Å². The van der Waals surface area contributed by atoms with Crippen LogP contribution in [-0.4, -0.2) is 177 Å². The van der Waals surface area contributed by atoms with Crippen LogP contribution in [0.1, 0.15) is 203 Å². The Hall–Kier alpha value is -17.0. The molecule has 0 aromatic heterocycles. The Morgan fingerprint density at radius 3 is 1.33 bits per heavy atom. The average molecular weight is 1950 g/mol. The molecule has 8 aliphatic heterocycles. The van der Waals surface area contributed by atoms with E-state index in [0.717, 1.165) is 12.0 Å². The van der Waals surface area contributed by atoms with Gasteiger partial charge in [0.2, 0.25) is 6.10 Å². The van der Waals surface area contributed by atoms with Crippen LogP contribution in [0.3, 0.4) is 0 Å². The van der Waals surface area contributed by atoms with Crippen LogP contribution in [0.5, 0.6) is 17.2 Å². The van der Waals surface area contributed by atoms with E-state index in [-0.39, 0.29) is 150 Å². The number of allylic oxidation sites excluding steroid dienone is 11. The third-order valence-electron chi connectivity index (χ3n) is 29.9. The van der Waals surface area contributed by atoms with E-state index in [1.54, 1.807) is 54.7 Å². The summed E-state index contributed by atoms with van der Waals surface area (Å²) in [4.78, 5) is 120. The van der Waals surface area contributed by atoms with Crippen molar-refractivity contribution in [3.05, 3.63) is 271 Å². The minimum atomic E-state index is -1.59. The number of hydrogen-bond acceptors (Lipinski definition) is 30. The Bertz CT molecular complexity index is 7820. The van der Waals surface area contributed by atoms with E-state index in [4.69, 9.17) is 56.6 Å². The zero-order valence-electron chi connectivity index (χ0n) is 78.6. The van der Waals surface area contributed by atoms with Gasteiger partial charge < -0.3 is 103 Å². The van der Waals surface area contributed by atoms with Crippen LogP contribution in [0.15, 0.2) is 176 Å². The molecule has 0 radical (unpaired) electrons. The number of aromatic hydroxyl groups is 3. The summed E-state index contributed by atoms with van der Waals surface area (Å²) < 4.78 is 35.5. The molecule has 7 aromatic carbocycles. The molecule has 17 aliphatic rings. The maximum atomic E-state index is 14.1. The van der Waals surface area contributed by atoms with E-state index < -0.39 is 158 Å². The van der Waals surface area contributed by atoms with Crippen molar-refractivity contribution in [2.24, 2.45) is 29.1 Å². The first-order valence-corrected chi connectivity index (χ1v) is 46.3. The maximum absolute atomic E-state index is 14.1. The van der Waals surface area contributed by atoms with Gasteiger partial charge >= 0.3 is 12.1 Å². The summed E-state index contributed by atoms with van der Waals surface area (Å²) in [5.74, 6) is 41.0. The van der Waals surface area contributed by atoms with Gasteiger partial charge in [0.05, 0.1) is 68.0 Å². The number of nitrogens with two attached hydrogens (primary N) is 4. The number of esters is 1. The molecule has 8 heterocycles. The molecule has 8 bridgehead atoms. The molecular weight excluding hydrogens is 1860 g/mol. The largest absolute Gasteiger partial charge is 0.507 e. The Balaban J connectivity index is 0.000000119. The monoisotopic (exact) mass is 1950 g/mol. The van der Waals surface area contributed by atoms with Gasteiger partial charge in [0.15, 0.2) is 92.9 Å². The van der Waals surface area contributed by atoms with E-state index in [9.17, 15) is 84.0 Å². The second-order valence-corrected chi connectivity index (χ2v) is 38.5. The van der Waals surface area contributed by atoms with Crippen molar-refractivity contribution in [2.75, 3.05) is 45.1 Å². The van der Waals surface area contributed by atoms with Crippen molar-refractivity contribution in [3.8, 4) is 118 Å². The summed E-state index contributed by atoms with van der Waals surface area (Å²) in [6, 6.07) is 21.3. The van der Waals surface area contributed by atoms with Crippen LogP contribution < -0.4 is 38.5 Å². The molecule has 4 saturated heterocycles. The van der Waals surface area contributed by atoms with Gasteiger partial charge in [-0.3, -0.25) is 38.5 Å². The zero-order valence-corrected chi connectivity index (χ0v) is 78.6. The van der Waals surface area contributed by atoms with Crippen LogP contribution in [0.4, 0.5) is 44.6 Å². The van der Waals surface area contributed by atoms with Crippen molar-refractivity contribution in [1.82, 2.24) is 0 Å². The number of carbonyl (C=O) groups excluding carboxylic acids is 9. The molecule has 0 spiro atoms. The number of nitrogen functional groups attached to an aromatic ring is 4. The predicted octanol–water partition coefficient (Wildman–Crippen LogP) is 9.57. The highest BCUT2D eigenvalue weighted by Crippen LogP contribution is 2.75. The van der Waals surface area contributed by atoms with Gasteiger partial charge in [0.1, 0.15) is 64.9 Å². The molecule has 146 heavy (non-hydrogen) atoms. The molecule has 1 amide bonds. The lowest BCUT2D eigenvalue weighted by Gasteiger charge is -2.45. The number of aliphatic hydroxyl groups excluding tert-OH is 5. The fourth-order valence-corrected chi connectivity index (χ4v) is 23.5. The van der Waals surface area contributed by atoms with E-state index in [2.05, 4.69) is 133 Å². The molecule has 1 saturated carbocycles. The number of phenols is 3. The van der Waals surface area contributed by atoms with E-state index in [1.807, 2.05) is 39.8 Å². The Morgan fingerprint density at radius 1 is 0.493 bits per heavy atom. The molecular formula is C115H92N8O23. The summed E-state index contributed by atoms with van der Waals surface area (Å²) in [7, 11) is 0. The maximum Gasteiger partial charge on any atom is 0.415 e. The molecule has 5 fully saturated rings. The number of nitrogens with one attached hydrogen (secondary N) is 2. The first-order chi connectivity index (χ1) is 69.2. The number of epoxide rings is 4. The first kappa shape index (κ1) is 97.8. The smallest absolute Gasteiger partial charge is 0.415 e. The number of amides is 1. The van der Waals surface area contributed by atoms with Gasteiger partial charge in [-0.1, -0.05) is 175 Å². The number of nitriles is 1. The third kappa shape index (κ3) is 13.5. The number of anilines is 7. The van der Waals surface area contributed by atoms with Gasteiger partial charge in [-0.15, -0.1) is 0 Å². The van der Waals surface area contributed by atoms with Crippen molar-refractivity contribution in [3.63, 3.8) is 0 Å². The van der Waals surface area contributed by atoms with Crippen molar-refractivity contribution in [1.29, 1.82) is 5.26 Å². The lowest BCUT2D eigenvalue weighted by Crippen LogP contribution is -2.59. The minimum Gasteiger partial charge on any atom is -0.507 e. The number of cyclic esters (lactones) is 1. The number of rotatable bonds is 6. The second kappa shape index (κ2) is 34.7. The highest BCUT2D eigenvalue weighted by atomic mass is 16.7. The van der Waals surface area contributed by atoms with Gasteiger partial charge in [-0.05, 0) is 182 Å². The lowest BCUT2D eigenvalue weighted by molar-refractivity contribution is -0.110. The Labute approximate surface area is 837 Å². The quantitative estimate of drug-likeness (QED) is 0.0184. The van der Waals surface area contributed by atoms with Crippen LogP contribution in [0.25, 0.3) is 0 Å². The summed E-state index contributed by atoms with van der Waals surface area (Å²) in [5, 5.41) is 104. The number of carbonyl (C=O) groups is 9. The molecule has 31 heteroatoms. The van der Waals surface area contributed by atoms with Crippen molar-refractivity contribution in [2.45, 2.75) is 169 Å². The molecule has 7 aromatic rings. The molecule has 19 atom stereocenters. The van der Waals surface area contributed by atoms with E-state index in [0.29, 0.717) is 39.4 Å². The predicted molar refractivity (Wildman–Crippen MR) is 532 cm³/mol. The van der Waals surface area contributed by atoms with Crippen LogP contribution >= 0.6 is 0 Å². The fourth-order valence-electron chi connectivity index (χ4n) is 23.5. The SMILES string of the molecule is C.C=CCOC(=O)N1c2c(cc(O)c3c2C(=O)c2ccc(N)cc2C3=O)[C@@]23O[C@@]2(C(C)C)[C@@H]1C#C/C=C\C#C[C@H]3O.CC(C)[C@@]12O[C@]13C1=CC(=O)C=C[C@@]1(C)C[C@H]2C#C/C=C\C#C[C@H]3O.CC(C)[C@@]12O[C@]13c1cc(O)c4c(c1N[C@H]2C#C/C=C\C#C[C@H]3O)C(=O)c1ccc(N)cc1C4=O.C[C@@H](O)[C@@]12O[C@]13c1cc(O)c4c(c1N[C@H]2C#C/C=C\C#C[C@H]3O)C(=O)c1ccc(N)cc1C4=O.N#CC1OC(=O)c2cc(N)ccc21. The van der Waals surface area contributed by atoms with Crippen molar-refractivity contribution < 1.29 is 112 Å². The Kier molecular flexibility index (Phi) is 23.2. The number of ether oxygens (including phenoxy) is 6. The van der Waals surface area contributed by atoms with E-state index in [1.165, 1.54) is 115 Å². The number of hydrogen-bond donors (Lipinski definition) is 14. The van der Waals surface area contributed by atoms with Crippen LogP contribution in [0, 0.1) is 135 Å². The molecule has 18 N–H and O–H groups in total. The van der Waals surface area contributed by atoms with Gasteiger partial charge in [0, 0.05) is 83.8 Å². The molecule has 1 unspecified atom stereocenters. The number of benzene rings is 7. The number of fused-ring (bicyclic) bond motifs is 14. The minimum absolute atomic E-state index is 0. The number of ketones is 7. The summed E-state index contributed by atoms with van der Waals surface area (Å²) in [6.07, 6.45) is 11.9. The van der Waals surface area contributed by atoms with Gasteiger partial charge in [-0.2, -0.15) is 5.26 Å². The summed E-state index contributed by atoms with van der Waals surface area (Å²) in [6.45, 7) is 18.8. The number of aliphatic hydroxyl groups is 5. The molecule has 31 nitrogen and oxygen atoms in total. The Morgan fingerprint density at radius 2 is 0.870 bits per heavy atom. The number of nitrogens with zero attached hydrogens (tertiary/aromatic N) is 2. The standard InChI is InChI=1S/C31H24N2O7.C27H20N2O5.C26H18N2O6.C21H20O3.C9H6N2O2.CH4/c1-4-13-39-29(38)33-22-9-7-5-6-8-10-23(35)31(30(22,40-31)16(2)3)20-15-21(34)24-25(26(20)33)27(36)18-12-11-17(32)14-19(18)28(24)37;1-13(2)26-19-7-5-3-4-6-8-20(31)27(26,34-26)17-12-18(30)21-22(23(17)29-19)24(32)15-10-9-14(28)11-16(15)25(21)33;1-12(29)25-18-6-4-2-3-5-7-19(31)26(25,34-25)16-11-17(30)20-21(22(16)28-18)23(32)14-9-8-13(27)10-15(14)24(20)33;1-14(2)20-15-8-6-4-5-7-9-18(23)21(20,24-20)17-12-16(22)10-11-19(17,3)13-15;10-4-8-6-2-1-5(11)3-7(6)9(12)13-8;/h4-6,11-12,14-16,22-23,34-35H,1,13,32H2,2-3H3;3-4,9-13,19-20,29-31H,28H2,1-2H3;2-3,8-12,18-19,28-31H,27H2,1H3;4-5,10-12,14-15,18,23H,13H2,1-3H3;1-3,8H,11H2;1H4/b6-5-;4-3-;3-2-;5-4-;;/t22-,23+,30-,31-;19-,20+,26-,27-;12-,18+,19-,25+,26+;15-,18-,19+,20+,21+;;/m0011../s1. The number of phenolic OH excluding ortho intramolecular Hbond substituents is 3. The molecule has 9 aliphatic carbocycles. The van der Waals surface area contributed by atoms with Crippen molar-refractivity contribution >= 4 is 92.4 Å². The van der Waals surface area contributed by atoms with Crippen LogP contribution in [0.2, 0.25) is 0 Å².